The number of amides is 1. The number of nitrogens with one attached hydrogen (secondary N) is 1. The zero-order chi connectivity index (χ0) is 24.9. The molecule has 3 aromatic carbocycles. The average Bonchev–Trinajstić information content (AvgIpc) is 3.16. The number of halogens is 2. The van der Waals surface area contributed by atoms with Crippen LogP contribution in [0.1, 0.15) is 34.1 Å². The summed E-state index contributed by atoms with van der Waals surface area (Å²) in [5, 5.41) is 3.89. The van der Waals surface area contributed by atoms with Crippen LogP contribution >= 0.6 is 35.0 Å². The van der Waals surface area contributed by atoms with Gasteiger partial charge in [0.05, 0.1) is 22.8 Å². The minimum atomic E-state index is -0.238. The van der Waals surface area contributed by atoms with Crippen molar-refractivity contribution in [1.82, 2.24) is 4.57 Å². The normalized spacial score (nSPS) is 10.9. The van der Waals surface area contributed by atoms with Crippen LogP contribution in [0.2, 0.25) is 10.0 Å². The Hall–Kier alpha value is -2.99. The fourth-order valence-corrected chi connectivity index (χ4v) is 4.92. The molecule has 178 valence electrons. The maximum absolute atomic E-state index is 13.6. The standard InChI is InChI=1S/C28H24Cl2N2O2S/c1-3-35-22-13-11-19(12-14-22)15-26(33)31-25-17-32(21-8-6-7-20(29)16-21)27(18(25)2)28(34)23-9-4-5-10-24(23)30/h4-14,16-17H,3,15H2,1-2H3,(H,31,33). The Labute approximate surface area is 219 Å². The molecule has 0 saturated carbocycles. The molecule has 0 unspecified atom stereocenters. The zero-order valence-corrected chi connectivity index (χ0v) is 21.7. The van der Waals surface area contributed by atoms with Crippen LogP contribution in [-0.2, 0) is 11.2 Å². The van der Waals surface area contributed by atoms with Crippen molar-refractivity contribution in [2.45, 2.75) is 25.2 Å². The lowest BCUT2D eigenvalue weighted by Gasteiger charge is -2.11. The first-order valence-electron chi connectivity index (χ1n) is 11.2. The molecule has 4 nitrogen and oxygen atoms in total. The molecule has 7 heteroatoms. The van der Waals surface area contributed by atoms with E-state index in [2.05, 4.69) is 12.2 Å². The number of hydrogen-bond acceptors (Lipinski definition) is 3. The molecule has 4 rings (SSSR count). The summed E-state index contributed by atoms with van der Waals surface area (Å²) in [4.78, 5) is 27.7. The minimum absolute atomic E-state index is 0.163. The van der Waals surface area contributed by atoms with Gasteiger partial charge in [-0.1, -0.05) is 60.5 Å². The summed E-state index contributed by atoms with van der Waals surface area (Å²) in [6.07, 6.45) is 1.98. The van der Waals surface area contributed by atoms with E-state index in [1.807, 2.05) is 43.3 Å². The van der Waals surface area contributed by atoms with Crippen LogP contribution in [0.4, 0.5) is 5.69 Å². The van der Waals surface area contributed by atoms with E-state index in [9.17, 15) is 9.59 Å². The third-order valence-electron chi connectivity index (χ3n) is 5.55. The molecule has 0 fully saturated rings. The summed E-state index contributed by atoms with van der Waals surface area (Å²) >= 11 is 14.3. The van der Waals surface area contributed by atoms with E-state index in [1.54, 1.807) is 58.9 Å². The van der Waals surface area contributed by atoms with E-state index in [-0.39, 0.29) is 18.1 Å². The third-order valence-corrected chi connectivity index (χ3v) is 7.01. The number of aromatic nitrogens is 1. The molecule has 1 heterocycles. The second-order valence-electron chi connectivity index (χ2n) is 7.98. The van der Waals surface area contributed by atoms with Gasteiger partial charge < -0.3 is 9.88 Å². The Morgan fingerprint density at radius 3 is 2.40 bits per heavy atom. The molecule has 1 N–H and O–H groups in total. The van der Waals surface area contributed by atoms with Gasteiger partial charge in [0, 0.05) is 32.9 Å². The summed E-state index contributed by atoms with van der Waals surface area (Å²) in [7, 11) is 0. The van der Waals surface area contributed by atoms with Crippen molar-refractivity contribution in [3.63, 3.8) is 0 Å². The Kier molecular flexibility index (Phi) is 8.01. The second-order valence-corrected chi connectivity index (χ2v) is 10.2. The molecule has 1 amide bonds. The number of thioether (sulfide) groups is 1. The number of hydrogen-bond donors (Lipinski definition) is 1. The molecule has 0 aliphatic carbocycles. The molecule has 0 spiro atoms. The van der Waals surface area contributed by atoms with E-state index < -0.39 is 0 Å². The lowest BCUT2D eigenvalue weighted by atomic mass is 10.0. The van der Waals surface area contributed by atoms with E-state index >= 15 is 0 Å². The maximum atomic E-state index is 13.6. The molecule has 0 atom stereocenters. The summed E-state index contributed by atoms with van der Waals surface area (Å²) < 4.78 is 1.75. The highest BCUT2D eigenvalue weighted by Gasteiger charge is 2.24. The van der Waals surface area contributed by atoms with E-state index in [0.717, 1.165) is 11.3 Å². The monoisotopic (exact) mass is 522 g/mol. The number of carbonyl (C=O) groups is 2. The predicted octanol–water partition coefficient (Wildman–Crippen LogP) is 7.62. The molecular weight excluding hydrogens is 499 g/mol. The summed E-state index contributed by atoms with van der Waals surface area (Å²) in [6.45, 7) is 3.92. The molecule has 0 radical (unpaired) electrons. The lowest BCUT2D eigenvalue weighted by Crippen LogP contribution is -2.14. The second kappa shape index (κ2) is 11.2. The number of anilines is 1. The van der Waals surface area contributed by atoms with E-state index in [4.69, 9.17) is 23.2 Å². The smallest absolute Gasteiger partial charge is 0.228 e. The van der Waals surface area contributed by atoms with Crippen molar-refractivity contribution in [2.24, 2.45) is 0 Å². The van der Waals surface area contributed by atoms with Crippen molar-refractivity contribution in [3.05, 3.63) is 111 Å². The van der Waals surface area contributed by atoms with Gasteiger partial charge in [0.25, 0.3) is 0 Å². The van der Waals surface area contributed by atoms with Gasteiger partial charge in [-0.2, -0.15) is 0 Å². The van der Waals surface area contributed by atoms with Gasteiger partial charge in [-0.05, 0) is 60.7 Å². The first-order valence-corrected chi connectivity index (χ1v) is 12.9. The van der Waals surface area contributed by atoms with Crippen molar-refractivity contribution in [2.75, 3.05) is 11.1 Å². The van der Waals surface area contributed by atoms with Crippen molar-refractivity contribution >= 4 is 52.3 Å². The fourth-order valence-electron chi connectivity index (χ4n) is 3.86. The highest BCUT2D eigenvalue weighted by Crippen LogP contribution is 2.30. The van der Waals surface area contributed by atoms with Crippen LogP contribution in [0.15, 0.2) is 83.9 Å². The van der Waals surface area contributed by atoms with Gasteiger partial charge >= 0.3 is 0 Å². The van der Waals surface area contributed by atoms with Gasteiger partial charge in [0.15, 0.2) is 0 Å². The lowest BCUT2D eigenvalue weighted by molar-refractivity contribution is -0.115. The number of carbonyl (C=O) groups excluding carboxylic acids is 2. The van der Waals surface area contributed by atoms with Crippen molar-refractivity contribution in [1.29, 1.82) is 0 Å². The number of nitrogens with zero attached hydrogens (tertiary/aromatic N) is 1. The first kappa shape index (κ1) is 25.1. The molecule has 0 aliphatic rings. The highest BCUT2D eigenvalue weighted by atomic mass is 35.5. The summed E-state index contributed by atoms with van der Waals surface area (Å²) in [6, 6.07) is 22.1. The van der Waals surface area contributed by atoms with Gasteiger partial charge in [0.1, 0.15) is 0 Å². The molecule has 1 aromatic heterocycles. The first-order chi connectivity index (χ1) is 16.9. The largest absolute Gasteiger partial charge is 0.324 e. The molecule has 0 aliphatic heterocycles. The maximum Gasteiger partial charge on any atom is 0.228 e. The Balaban J connectivity index is 1.67. The van der Waals surface area contributed by atoms with Crippen LogP contribution in [0, 0.1) is 6.92 Å². The SMILES string of the molecule is CCSc1ccc(CC(=O)Nc2cn(-c3cccc(Cl)c3)c(C(=O)c3ccccc3Cl)c2C)cc1. The van der Waals surface area contributed by atoms with Gasteiger partial charge in [0.2, 0.25) is 11.7 Å². The van der Waals surface area contributed by atoms with Crippen molar-refractivity contribution in [3.8, 4) is 5.69 Å². The number of ketones is 1. The van der Waals surface area contributed by atoms with Crippen LogP contribution in [0.3, 0.4) is 0 Å². The topological polar surface area (TPSA) is 51.1 Å². The number of benzene rings is 3. The van der Waals surface area contributed by atoms with Crippen molar-refractivity contribution < 1.29 is 9.59 Å². The van der Waals surface area contributed by atoms with Crippen LogP contribution < -0.4 is 5.32 Å². The zero-order valence-electron chi connectivity index (χ0n) is 19.3. The molecule has 0 saturated heterocycles. The predicted molar refractivity (Wildman–Crippen MR) is 146 cm³/mol. The molecule has 0 bridgehead atoms. The molecular formula is C28H24Cl2N2O2S. The van der Waals surface area contributed by atoms with Gasteiger partial charge in [-0.3, -0.25) is 9.59 Å². The Bertz CT molecular complexity index is 1380. The van der Waals surface area contributed by atoms with Gasteiger partial charge in [-0.15, -0.1) is 11.8 Å². The minimum Gasteiger partial charge on any atom is -0.324 e. The average molecular weight is 523 g/mol. The molecule has 35 heavy (non-hydrogen) atoms. The highest BCUT2D eigenvalue weighted by molar-refractivity contribution is 7.99. The van der Waals surface area contributed by atoms with Crippen LogP contribution in [0.25, 0.3) is 5.69 Å². The Morgan fingerprint density at radius 1 is 0.971 bits per heavy atom. The van der Waals surface area contributed by atoms with E-state index in [0.29, 0.717) is 38.2 Å². The van der Waals surface area contributed by atoms with E-state index in [1.165, 1.54) is 4.90 Å². The van der Waals surface area contributed by atoms with Crippen LogP contribution in [0.5, 0.6) is 0 Å². The molecule has 4 aromatic rings. The summed E-state index contributed by atoms with van der Waals surface area (Å²) in [5.41, 5.74) is 3.64. The Morgan fingerprint density at radius 2 is 1.71 bits per heavy atom. The summed E-state index contributed by atoms with van der Waals surface area (Å²) in [5.74, 6) is 0.597. The third kappa shape index (κ3) is 5.81. The van der Waals surface area contributed by atoms with Gasteiger partial charge in [-0.25, -0.2) is 0 Å². The van der Waals surface area contributed by atoms with Crippen LogP contribution in [-0.4, -0.2) is 22.0 Å². The number of rotatable bonds is 8. The fraction of sp³-hybridized carbons (Fsp3) is 0.143. The quantitative estimate of drug-likeness (QED) is 0.191.